The zero-order chi connectivity index (χ0) is 15.0. The maximum atomic E-state index is 12.1. The largest absolute Gasteiger partial charge is 0.462 e. The Kier molecular flexibility index (Phi) is 4.07. The first kappa shape index (κ1) is 14.6. The minimum Gasteiger partial charge on any atom is -0.462 e. The Balaban J connectivity index is 1.81. The monoisotopic (exact) mass is 290 g/mol. The van der Waals surface area contributed by atoms with E-state index in [-0.39, 0.29) is 5.97 Å². The molecule has 0 N–H and O–H groups in total. The van der Waals surface area contributed by atoms with E-state index in [1.165, 1.54) is 37.8 Å². The summed E-state index contributed by atoms with van der Waals surface area (Å²) in [4.78, 5) is 14.7. The molecule has 0 radical (unpaired) electrons. The number of nitrogens with zero attached hydrogens (tertiary/aromatic N) is 2. The number of fused-ring (bicyclic) bond motifs is 1. The van der Waals surface area contributed by atoms with Gasteiger partial charge in [0.15, 0.2) is 0 Å². The highest BCUT2D eigenvalue weighted by molar-refractivity contribution is 5.93. The molecule has 1 aliphatic heterocycles. The smallest absolute Gasteiger partial charge is 0.340 e. The molecule has 3 rings (SSSR count). The molecule has 21 heavy (non-hydrogen) atoms. The van der Waals surface area contributed by atoms with Gasteiger partial charge in [-0.3, -0.25) is 4.90 Å². The number of carbonyl (C=O) groups is 1. The van der Waals surface area contributed by atoms with Gasteiger partial charge in [-0.15, -0.1) is 0 Å². The molecule has 4 nitrogen and oxygen atoms in total. The molecular weight excluding hydrogens is 264 g/mol. The lowest BCUT2D eigenvalue weighted by atomic mass is 9.94. The normalized spacial score (nSPS) is 19.8. The van der Waals surface area contributed by atoms with Crippen molar-refractivity contribution in [2.75, 3.05) is 6.61 Å². The summed E-state index contributed by atoms with van der Waals surface area (Å²) in [5.41, 5.74) is 4.28. The van der Waals surface area contributed by atoms with Crippen molar-refractivity contribution >= 4 is 5.97 Å². The third-order valence-electron chi connectivity index (χ3n) is 5.15. The van der Waals surface area contributed by atoms with Crippen LogP contribution in [0.3, 0.4) is 0 Å². The summed E-state index contributed by atoms with van der Waals surface area (Å²) in [6, 6.07) is 0.725. The van der Waals surface area contributed by atoms with Gasteiger partial charge in [0.1, 0.15) is 0 Å². The fourth-order valence-electron chi connectivity index (χ4n) is 3.97. The molecule has 1 saturated carbocycles. The summed E-state index contributed by atoms with van der Waals surface area (Å²) in [5.74, 6) is -0.168. The van der Waals surface area contributed by atoms with E-state index in [1.54, 1.807) is 0 Å². The number of esters is 1. The van der Waals surface area contributed by atoms with Gasteiger partial charge in [0.2, 0.25) is 0 Å². The van der Waals surface area contributed by atoms with E-state index in [2.05, 4.69) is 16.4 Å². The molecule has 1 aromatic heterocycles. The molecule has 0 saturated heterocycles. The number of ether oxygens (including phenoxy) is 1. The highest BCUT2D eigenvalue weighted by atomic mass is 16.5. The average molecular weight is 290 g/mol. The molecule has 0 unspecified atom stereocenters. The van der Waals surface area contributed by atoms with E-state index in [0.717, 1.165) is 36.1 Å². The molecule has 2 aliphatic rings. The summed E-state index contributed by atoms with van der Waals surface area (Å²) in [7, 11) is 0. The fraction of sp³-hybridized carbons (Fsp3) is 0.706. The molecule has 116 valence electrons. The fourth-order valence-corrected chi connectivity index (χ4v) is 3.97. The predicted octanol–water partition coefficient (Wildman–Crippen LogP) is 3.39. The van der Waals surface area contributed by atoms with Crippen molar-refractivity contribution in [1.82, 2.24) is 9.47 Å². The summed E-state index contributed by atoms with van der Waals surface area (Å²) in [6.45, 7) is 8.33. The molecule has 0 spiro atoms. The van der Waals surface area contributed by atoms with Crippen molar-refractivity contribution in [1.29, 1.82) is 0 Å². The number of aromatic nitrogens is 1. The van der Waals surface area contributed by atoms with Crippen LogP contribution in [0.5, 0.6) is 0 Å². The van der Waals surface area contributed by atoms with Crippen molar-refractivity contribution < 1.29 is 9.53 Å². The Morgan fingerprint density at radius 1 is 1.24 bits per heavy atom. The lowest BCUT2D eigenvalue weighted by Crippen LogP contribution is -2.33. The van der Waals surface area contributed by atoms with Gasteiger partial charge in [-0.2, -0.15) is 0 Å². The molecule has 0 atom stereocenters. The molecule has 1 aromatic rings. The van der Waals surface area contributed by atoms with Crippen LogP contribution in [0, 0.1) is 13.8 Å². The van der Waals surface area contributed by atoms with E-state index in [0.29, 0.717) is 6.61 Å². The van der Waals surface area contributed by atoms with Crippen molar-refractivity contribution in [2.45, 2.75) is 72.1 Å². The van der Waals surface area contributed by atoms with Crippen LogP contribution in [0.15, 0.2) is 0 Å². The van der Waals surface area contributed by atoms with E-state index < -0.39 is 0 Å². The molecule has 2 heterocycles. The lowest BCUT2D eigenvalue weighted by molar-refractivity contribution is 0.0523. The second kappa shape index (κ2) is 5.84. The highest BCUT2D eigenvalue weighted by Crippen LogP contribution is 2.33. The van der Waals surface area contributed by atoms with Gasteiger partial charge in [-0.05, 0) is 39.2 Å². The summed E-state index contributed by atoms with van der Waals surface area (Å²) >= 11 is 0. The Bertz CT molecular complexity index is 512. The van der Waals surface area contributed by atoms with Crippen LogP contribution in [0.1, 0.15) is 66.3 Å². The van der Waals surface area contributed by atoms with Crippen LogP contribution in [-0.2, 0) is 18.0 Å². The SMILES string of the molecule is CCOC(=O)c1c(C)c2n(c1C)CN(C1CCCCC1)C2. The first-order valence-corrected chi connectivity index (χ1v) is 8.23. The summed E-state index contributed by atoms with van der Waals surface area (Å²) in [5, 5.41) is 0. The Morgan fingerprint density at radius 2 is 1.95 bits per heavy atom. The lowest BCUT2D eigenvalue weighted by Gasteiger charge is -2.30. The molecule has 0 aromatic carbocycles. The van der Waals surface area contributed by atoms with Crippen molar-refractivity contribution in [3.63, 3.8) is 0 Å². The van der Waals surface area contributed by atoms with Crippen molar-refractivity contribution in [3.05, 3.63) is 22.5 Å². The van der Waals surface area contributed by atoms with Gasteiger partial charge in [0.25, 0.3) is 0 Å². The topological polar surface area (TPSA) is 34.5 Å². The van der Waals surface area contributed by atoms with E-state index in [4.69, 9.17) is 4.74 Å². The van der Waals surface area contributed by atoms with Crippen LogP contribution in [0.4, 0.5) is 0 Å². The molecule has 0 bridgehead atoms. The van der Waals surface area contributed by atoms with Crippen LogP contribution in [-0.4, -0.2) is 28.1 Å². The number of hydrogen-bond acceptors (Lipinski definition) is 3. The number of carbonyl (C=O) groups excluding carboxylic acids is 1. The van der Waals surface area contributed by atoms with Crippen molar-refractivity contribution in [2.24, 2.45) is 0 Å². The quantitative estimate of drug-likeness (QED) is 0.800. The second-order valence-corrected chi connectivity index (χ2v) is 6.36. The Labute approximate surface area is 127 Å². The van der Waals surface area contributed by atoms with Gasteiger partial charge in [0.05, 0.1) is 18.8 Å². The van der Waals surface area contributed by atoms with Gasteiger partial charge in [0, 0.05) is 24.0 Å². The number of rotatable bonds is 3. The van der Waals surface area contributed by atoms with Crippen LogP contribution >= 0.6 is 0 Å². The van der Waals surface area contributed by atoms with E-state index in [9.17, 15) is 4.79 Å². The third-order valence-corrected chi connectivity index (χ3v) is 5.15. The first-order chi connectivity index (χ1) is 10.1. The average Bonchev–Trinajstić information content (AvgIpc) is 3.01. The van der Waals surface area contributed by atoms with Gasteiger partial charge < -0.3 is 9.30 Å². The molecule has 0 amide bonds. The zero-order valence-electron chi connectivity index (χ0n) is 13.4. The maximum absolute atomic E-state index is 12.1. The van der Waals surface area contributed by atoms with Gasteiger partial charge in [-0.1, -0.05) is 19.3 Å². The zero-order valence-corrected chi connectivity index (χ0v) is 13.4. The van der Waals surface area contributed by atoms with Crippen LogP contribution in [0.2, 0.25) is 0 Å². The highest BCUT2D eigenvalue weighted by Gasteiger charge is 2.32. The van der Waals surface area contributed by atoms with Crippen molar-refractivity contribution in [3.8, 4) is 0 Å². The van der Waals surface area contributed by atoms with Crippen LogP contribution < -0.4 is 0 Å². The van der Waals surface area contributed by atoms with Gasteiger partial charge in [-0.25, -0.2) is 4.79 Å². The number of hydrogen-bond donors (Lipinski definition) is 0. The summed E-state index contributed by atoms with van der Waals surface area (Å²) in [6.07, 6.45) is 6.77. The minimum atomic E-state index is -0.168. The minimum absolute atomic E-state index is 0.168. The summed E-state index contributed by atoms with van der Waals surface area (Å²) < 4.78 is 7.52. The molecule has 1 fully saturated rings. The maximum Gasteiger partial charge on any atom is 0.340 e. The standard InChI is InChI=1S/C17H26N2O2/c1-4-21-17(20)16-12(2)15-10-18(11-19(15)13(16)3)14-8-6-5-7-9-14/h14H,4-11H2,1-3H3. The Morgan fingerprint density at radius 3 is 2.57 bits per heavy atom. The molecular formula is C17H26N2O2. The third kappa shape index (κ3) is 2.50. The first-order valence-electron chi connectivity index (χ1n) is 8.23. The van der Waals surface area contributed by atoms with Gasteiger partial charge >= 0.3 is 5.97 Å². The predicted molar refractivity (Wildman–Crippen MR) is 82.3 cm³/mol. The Hall–Kier alpha value is -1.29. The second-order valence-electron chi connectivity index (χ2n) is 6.36. The molecule has 4 heteroatoms. The molecule has 1 aliphatic carbocycles. The van der Waals surface area contributed by atoms with E-state index >= 15 is 0 Å². The van der Waals surface area contributed by atoms with Crippen LogP contribution in [0.25, 0.3) is 0 Å². The van der Waals surface area contributed by atoms with E-state index in [1.807, 2.05) is 13.8 Å².